The summed E-state index contributed by atoms with van der Waals surface area (Å²) in [5.74, 6) is -0.272. The first-order valence-corrected chi connectivity index (χ1v) is 7.59. The molecule has 0 unspecified atom stereocenters. The average Bonchev–Trinajstić information content (AvgIpc) is 2.67. The first-order chi connectivity index (χ1) is 10.0. The maximum Gasteiger partial charge on any atom is 0.126 e. The molecular weight excluding hydrogens is 271 g/mol. The van der Waals surface area contributed by atoms with E-state index >= 15 is 0 Å². The summed E-state index contributed by atoms with van der Waals surface area (Å²) in [6, 6.07) is 3.28. The minimum atomic E-state index is -0.688. The van der Waals surface area contributed by atoms with Crippen LogP contribution in [0.15, 0.2) is 12.1 Å². The molecule has 118 valence electrons. The molecule has 1 aliphatic rings. The Kier molecular flexibility index (Phi) is 5.56. The summed E-state index contributed by atoms with van der Waals surface area (Å²) in [6.07, 6.45) is 0.308. The molecule has 0 bridgehead atoms. The van der Waals surface area contributed by atoms with E-state index in [0.717, 1.165) is 38.3 Å². The van der Waals surface area contributed by atoms with Gasteiger partial charge in [0, 0.05) is 37.4 Å². The average molecular weight is 296 g/mol. The van der Waals surface area contributed by atoms with Crippen molar-refractivity contribution in [3.05, 3.63) is 29.1 Å². The number of rotatable bonds is 4. The van der Waals surface area contributed by atoms with Gasteiger partial charge in [-0.3, -0.25) is 4.90 Å². The van der Waals surface area contributed by atoms with Crippen LogP contribution in [0.3, 0.4) is 0 Å². The maximum atomic E-state index is 13.8. The van der Waals surface area contributed by atoms with Crippen molar-refractivity contribution < 1.29 is 14.6 Å². The van der Waals surface area contributed by atoms with Crippen molar-refractivity contribution in [2.24, 2.45) is 0 Å². The van der Waals surface area contributed by atoms with E-state index in [2.05, 4.69) is 9.80 Å². The second-order valence-electron chi connectivity index (χ2n) is 5.74. The Labute approximate surface area is 125 Å². The minimum Gasteiger partial charge on any atom is -0.395 e. The van der Waals surface area contributed by atoms with E-state index in [0.29, 0.717) is 17.7 Å². The highest BCUT2D eigenvalue weighted by Gasteiger charge is 2.20. The second-order valence-corrected chi connectivity index (χ2v) is 5.74. The van der Waals surface area contributed by atoms with Crippen LogP contribution in [0.4, 0.5) is 10.1 Å². The van der Waals surface area contributed by atoms with E-state index in [1.807, 2.05) is 6.07 Å². The van der Waals surface area contributed by atoms with Gasteiger partial charge in [-0.2, -0.15) is 0 Å². The van der Waals surface area contributed by atoms with Crippen molar-refractivity contribution in [3.63, 3.8) is 0 Å². The van der Waals surface area contributed by atoms with E-state index in [9.17, 15) is 9.50 Å². The second kappa shape index (κ2) is 7.20. The number of anilines is 1. The molecule has 0 radical (unpaired) electrons. The first kappa shape index (κ1) is 16.2. The fourth-order valence-electron chi connectivity index (χ4n) is 2.87. The van der Waals surface area contributed by atoms with Gasteiger partial charge in [-0.25, -0.2) is 4.39 Å². The van der Waals surface area contributed by atoms with Crippen molar-refractivity contribution in [2.75, 3.05) is 44.2 Å². The van der Waals surface area contributed by atoms with E-state index < -0.39 is 6.10 Å². The van der Waals surface area contributed by atoms with Gasteiger partial charge in [0.1, 0.15) is 5.82 Å². The number of β-amino-alcohol motifs (C(OH)–C–C–N with tert-alkyl or cyclic N) is 1. The molecule has 1 atom stereocenters. The van der Waals surface area contributed by atoms with Crippen LogP contribution in [0.25, 0.3) is 0 Å². The Morgan fingerprint density at radius 3 is 2.67 bits per heavy atom. The summed E-state index contributed by atoms with van der Waals surface area (Å²) < 4.78 is 13.8. The molecule has 2 N–H and O–H groups in total. The number of aliphatic hydroxyl groups is 2. The molecule has 1 fully saturated rings. The SMILES string of the molecule is Cc1cc(N2CCCN(CCO)CC2)c([C@H](C)O)cc1F. The summed E-state index contributed by atoms with van der Waals surface area (Å²) in [5, 5.41) is 19.0. The third kappa shape index (κ3) is 3.93. The fourth-order valence-corrected chi connectivity index (χ4v) is 2.87. The van der Waals surface area contributed by atoms with Gasteiger partial charge >= 0.3 is 0 Å². The van der Waals surface area contributed by atoms with Crippen LogP contribution < -0.4 is 4.90 Å². The predicted octanol–water partition coefficient (Wildman–Crippen LogP) is 1.69. The van der Waals surface area contributed by atoms with E-state index in [-0.39, 0.29) is 12.4 Å². The van der Waals surface area contributed by atoms with Crippen molar-refractivity contribution in [2.45, 2.75) is 26.4 Å². The molecule has 1 aromatic rings. The Balaban J connectivity index is 2.22. The predicted molar refractivity (Wildman–Crippen MR) is 82.1 cm³/mol. The van der Waals surface area contributed by atoms with Gasteiger partial charge in [0.25, 0.3) is 0 Å². The van der Waals surface area contributed by atoms with Crippen LogP contribution in [0.1, 0.15) is 30.6 Å². The minimum absolute atomic E-state index is 0.175. The van der Waals surface area contributed by atoms with Gasteiger partial charge in [0.2, 0.25) is 0 Å². The maximum absolute atomic E-state index is 13.8. The number of benzene rings is 1. The lowest BCUT2D eigenvalue weighted by atomic mass is 10.0. The normalized spacial score (nSPS) is 18.6. The lowest BCUT2D eigenvalue weighted by Gasteiger charge is -2.27. The summed E-state index contributed by atoms with van der Waals surface area (Å²) in [6.45, 7) is 7.83. The van der Waals surface area contributed by atoms with Crippen molar-refractivity contribution in [1.82, 2.24) is 4.90 Å². The molecule has 2 rings (SSSR count). The zero-order valence-electron chi connectivity index (χ0n) is 12.8. The molecule has 4 nitrogen and oxygen atoms in total. The van der Waals surface area contributed by atoms with Gasteiger partial charge in [-0.1, -0.05) is 0 Å². The molecule has 0 amide bonds. The first-order valence-electron chi connectivity index (χ1n) is 7.59. The lowest BCUT2D eigenvalue weighted by molar-refractivity contribution is 0.199. The number of nitrogens with zero attached hydrogens (tertiary/aromatic N) is 2. The molecule has 0 spiro atoms. The number of halogens is 1. The summed E-state index contributed by atoms with van der Waals surface area (Å²) in [7, 11) is 0. The molecule has 1 saturated heterocycles. The van der Waals surface area contributed by atoms with E-state index in [1.165, 1.54) is 6.07 Å². The number of aryl methyl sites for hydroxylation is 1. The van der Waals surface area contributed by atoms with Crippen LogP contribution in [0, 0.1) is 12.7 Å². The largest absolute Gasteiger partial charge is 0.395 e. The molecule has 1 heterocycles. The highest BCUT2D eigenvalue weighted by Crippen LogP contribution is 2.30. The third-order valence-electron chi connectivity index (χ3n) is 4.10. The van der Waals surface area contributed by atoms with Gasteiger partial charge in [0.15, 0.2) is 0 Å². The smallest absolute Gasteiger partial charge is 0.126 e. The zero-order valence-corrected chi connectivity index (χ0v) is 12.8. The van der Waals surface area contributed by atoms with Crippen LogP contribution in [0.5, 0.6) is 0 Å². The van der Waals surface area contributed by atoms with Gasteiger partial charge < -0.3 is 15.1 Å². The van der Waals surface area contributed by atoms with Crippen molar-refractivity contribution >= 4 is 5.69 Å². The summed E-state index contributed by atoms with van der Waals surface area (Å²) in [5.41, 5.74) is 2.18. The highest BCUT2D eigenvalue weighted by atomic mass is 19.1. The summed E-state index contributed by atoms with van der Waals surface area (Å²) in [4.78, 5) is 4.45. The number of hydrogen-bond donors (Lipinski definition) is 2. The van der Waals surface area contributed by atoms with E-state index in [4.69, 9.17) is 5.11 Å². The van der Waals surface area contributed by atoms with Gasteiger partial charge in [-0.05, 0) is 44.5 Å². The molecule has 0 aromatic heterocycles. The Morgan fingerprint density at radius 1 is 1.24 bits per heavy atom. The zero-order chi connectivity index (χ0) is 15.4. The van der Waals surface area contributed by atoms with Gasteiger partial charge in [0.05, 0.1) is 12.7 Å². The highest BCUT2D eigenvalue weighted by molar-refractivity contribution is 5.57. The quantitative estimate of drug-likeness (QED) is 0.888. The summed E-state index contributed by atoms with van der Waals surface area (Å²) >= 11 is 0. The van der Waals surface area contributed by atoms with Crippen LogP contribution in [-0.4, -0.2) is 54.4 Å². The lowest BCUT2D eigenvalue weighted by Crippen LogP contribution is -2.33. The van der Waals surface area contributed by atoms with Crippen LogP contribution >= 0.6 is 0 Å². The van der Waals surface area contributed by atoms with E-state index in [1.54, 1.807) is 13.8 Å². The monoisotopic (exact) mass is 296 g/mol. The molecule has 5 heteroatoms. The van der Waals surface area contributed by atoms with Crippen LogP contribution in [0.2, 0.25) is 0 Å². The Morgan fingerprint density at radius 2 is 2.00 bits per heavy atom. The number of hydrogen-bond acceptors (Lipinski definition) is 4. The molecule has 0 saturated carbocycles. The fraction of sp³-hybridized carbons (Fsp3) is 0.625. The molecule has 21 heavy (non-hydrogen) atoms. The standard InChI is InChI=1S/C16H25FN2O2/c1-12-10-16(14(13(2)21)11-15(12)17)19-5-3-4-18(6-7-19)8-9-20/h10-11,13,20-21H,3-9H2,1-2H3/t13-/m0/s1. The van der Waals surface area contributed by atoms with Crippen LogP contribution in [-0.2, 0) is 0 Å². The van der Waals surface area contributed by atoms with Crippen molar-refractivity contribution in [1.29, 1.82) is 0 Å². The number of aliphatic hydroxyl groups excluding tert-OH is 2. The molecule has 0 aliphatic carbocycles. The molecule has 1 aromatic carbocycles. The van der Waals surface area contributed by atoms with Gasteiger partial charge in [-0.15, -0.1) is 0 Å². The van der Waals surface area contributed by atoms with Crippen molar-refractivity contribution in [3.8, 4) is 0 Å². The Hall–Kier alpha value is -1.17. The molecular formula is C16H25FN2O2. The molecule has 1 aliphatic heterocycles. The third-order valence-corrected chi connectivity index (χ3v) is 4.10. The Bertz CT molecular complexity index is 480. The topological polar surface area (TPSA) is 46.9 Å².